The van der Waals surface area contributed by atoms with Crippen molar-refractivity contribution in [3.63, 3.8) is 0 Å². The van der Waals surface area contributed by atoms with Gasteiger partial charge in [0.05, 0.1) is 17.5 Å². The van der Waals surface area contributed by atoms with E-state index in [4.69, 9.17) is 5.73 Å². The lowest BCUT2D eigenvalue weighted by molar-refractivity contribution is 0.0896. The molecule has 1 rings (SSSR count). The number of aromatic amines is 1. The number of aromatic nitrogens is 2. The molecule has 5 N–H and O–H groups in total. The molecule has 0 aliphatic heterocycles. The number of amides is 1. The number of rotatable bonds is 5. The second-order valence-electron chi connectivity index (χ2n) is 4.60. The molecule has 1 aromatic heterocycles. The summed E-state index contributed by atoms with van der Waals surface area (Å²) < 4.78 is 0. The fourth-order valence-electron chi connectivity index (χ4n) is 1.53. The molecule has 0 spiro atoms. The number of nitrogens with zero attached hydrogens (tertiary/aromatic N) is 1. The standard InChI is InChI=1S/C11H20N4O2/c1-6(2)4-8(16)5-13-11(17)10-9(12)7(3)14-15-10/h6,8,16H,4-5,12H2,1-3H3,(H,13,17)(H,14,15). The Hall–Kier alpha value is -1.56. The zero-order valence-electron chi connectivity index (χ0n) is 10.4. The Balaban J connectivity index is 2.48. The number of aliphatic hydroxyl groups excluding tert-OH is 1. The van der Waals surface area contributed by atoms with Crippen molar-refractivity contribution in [2.75, 3.05) is 12.3 Å². The van der Waals surface area contributed by atoms with Crippen molar-refractivity contribution in [2.45, 2.75) is 33.3 Å². The third-order valence-corrected chi connectivity index (χ3v) is 2.45. The zero-order chi connectivity index (χ0) is 13.0. The van der Waals surface area contributed by atoms with E-state index in [-0.39, 0.29) is 18.1 Å². The lowest BCUT2D eigenvalue weighted by Crippen LogP contribution is -2.33. The Kier molecular flexibility index (Phi) is 4.51. The van der Waals surface area contributed by atoms with Crippen LogP contribution in [0.25, 0.3) is 0 Å². The van der Waals surface area contributed by atoms with Gasteiger partial charge in [-0.15, -0.1) is 0 Å². The Morgan fingerprint density at radius 2 is 2.24 bits per heavy atom. The van der Waals surface area contributed by atoms with Crippen molar-refractivity contribution in [2.24, 2.45) is 5.92 Å². The lowest BCUT2D eigenvalue weighted by Gasteiger charge is -2.13. The van der Waals surface area contributed by atoms with E-state index in [0.717, 1.165) is 0 Å². The van der Waals surface area contributed by atoms with Crippen molar-refractivity contribution in [1.82, 2.24) is 15.5 Å². The summed E-state index contributed by atoms with van der Waals surface area (Å²) in [6.45, 7) is 5.98. The maximum Gasteiger partial charge on any atom is 0.274 e. The molecule has 0 saturated carbocycles. The molecule has 17 heavy (non-hydrogen) atoms. The molecule has 0 aliphatic carbocycles. The highest BCUT2D eigenvalue weighted by molar-refractivity contribution is 5.97. The largest absolute Gasteiger partial charge is 0.395 e. The van der Waals surface area contributed by atoms with Gasteiger partial charge >= 0.3 is 0 Å². The minimum atomic E-state index is -0.541. The van der Waals surface area contributed by atoms with Crippen LogP contribution in [0.1, 0.15) is 36.5 Å². The Morgan fingerprint density at radius 1 is 1.59 bits per heavy atom. The van der Waals surface area contributed by atoms with Crippen LogP contribution in [-0.4, -0.2) is 33.9 Å². The van der Waals surface area contributed by atoms with Crippen LogP contribution in [0, 0.1) is 12.8 Å². The lowest BCUT2D eigenvalue weighted by atomic mass is 10.1. The molecule has 1 aromatic rings. The molecule has 0 bridgehead atoms. The van der Waals surface area contributed by atoms with Crippen LogP contribution >= 0.6 is 0 Å². The molecule has 0 radical (unpaired) electrons. The first-order valence-corrected chi connectivity index (χ1v) is 5.68. The molecule has 6 heteroatoms. The molecule has 0 fully saturated rings. The van der Waals surface area contributed by atoms with Gasteiger partial charge < -0.3 is 16.2 Å². The maximum absolute atomic E-state index is 11.7. The SMILES string of the molecule is Cc1[nH]nc(C(=O)NCC(O)CC(C)C)c1N. The van der Waals surface area contributed by atoms with Crippen LogP contribution in [0.4, 0.5) is 5.69 Å². The number of aliphatic hydroxyl groups is 1. The maximum atomic E-state index is 11.7. The Labute approximate surface area is 101 Å². The molecular weight excluding hydrogens is 220 g/mol. The smallest absolute Gasteiger partial charge is 0.274 e. The van der Waals surface area contributed by atoms with Crippen LogP contribution < -0.4 is 11.1 Å². The number of anilines is 1. The van der Waals surface area contributed by atoms with Crippen molar-refractivity contribution in [1.29, 1.82) is 0 Å². The third-order valence-electron chi connectivity index (χ3n) is 2.45. The number of hydrogen-bond acceptors (Lipinski definition) is 4. The first-order valence-electron chi connectivity index (χ1n) is 5.68. The molecule has 1 amide bonds. The van der Waals surface area contributed by atoms with Crippen molar-refractivity contribution >= 4 is 11.6 Å². The summed E-state index contributed by atoms with van der Waals surface area (Å²) in [5, 5.41) is 18.7. The monoisotopic (exact) mass is 240 g/mol. The highest BCUT2D eigenvalue weighted by Gasteiger charge is 2.16. The normalized spacial score (nSPS) is 12.8. The predicted molar refractivity (Wildman–Crippen MR) is 65.5 cm³/mol. The van der Waals surface area contributed by atoms with Gasteiger partial charge in [-0.3, -0.25) is 9.89 Å². The van der Waals surface area contributed by atoms with Gasteiger partial charge in [0.15, 0.2) is 5.69 Å². The van der Waals surface area contributed by atoms with Crippen molar-refractivity contribution in [3.05, 3.63) is 11.4 Å². The van der Waals surface area contributed by atoms with Crippen molar-refractivity contribution < 1.29 is 9.90 Å². The Morgan fingerprint density at radius 3 is 2.71 bits per heavy atom. The minimum Gasteiger partial charge on any atom is -0.395 e. The van der Waals surface area contributed by atoms with E-state index < -0.39 is 6.10 Å². The van der Waals surface area contributed by atoms with Gasteiger partial charge in [-0.25, -0.2) is 0 Å². The molecule has 96 valence electrons. The molecule has 1 heterocycles. The molecule has 0 aromatic carbocycles. The van der Waals surface area contributed by atoms with Gasteiger partial charge in [-0.1, -0.05) is 13.8 Å². The fourth-order valence-corrected chi connectivity index (χ4v) is 1.53. The number of aryl methyl sites for hydroxylation is 1. The Bertz CT molecular complexity index is 387. The number of nitrogen functional groups attached to an aromatic ring is 1. The summed E-state index contributed by atoms with van der Waals surface area (Å²) in [4.78, 5) is 11.7. The number of carbonyl (C=O) groups is 1. The zero-order valence-corrected chi connectivity index (χ0v) is 10.4. The van der Waals surface area contributed by atoms with E-state index in [2.05, 4.69) is 15.5 Å². The van der Waals surface area contributed by atoms with Crippen LogP contribution in [-0.2, 0) is 0 Å². The van der Waals surface area contributed by atoms with Crippen LogP contribution in [0.3, 0.4) is 0 Å². The predicted octanol–water partition coefficient (Wildman–Crippen LogP) is 0.437. The molecule has 0 aliphatic rings. The molecule has 6 nitrogen and oxygen atoms in total. The third kappa shape index (κ3) is 3.74. The van der Waals surface area contributed by atoms with E-state index in [1.54, 1.807) is 6.92 Å². The van der Waals surface area contributed by atoms with E-state index in [1.807, 2.05) is 13.8 Å². The topological polar surface area (TPSA) is 104 Å². The van der Waals surface area contributed by atoms with Crippen LogP contribution in [0.2, 0.25) is 0 Å². The van der Waals surface area contributed by atoms with E-state index in [0.29, 0.717) is 23.7 Å². The number of hydrogen-bond donors (Lipinski definition) is 4. The summed E-state index contributed by atoms with van der Waals surface area (Å²) in [5.74, 6) is 0.0225. The second-order valence-corrected chi connectivity index (χ2v) is 4.60. The molecule has 0 saturated heterocycles. The van der Waals surface area contributed by atoms with Gasteiger partial charge in [-0.05, 0) is 19.3 Å². The summed E-state index contributed by atoms with van der Waals surface area (Å²) >= 11 is 0. The highest BCUT2D eigenvalue weighted by Crippen LogP contribution is 2.12. The van der Waals surface area contributed by atoms with Gasteiger partial charge in [0.1, 0.15) is 0 Å². The quantitative estimate of drug-likeness (QED) is 0.599. The summed E-state index contributed by atoms with van der Waals surface area (Å²) in [5.41, 5.74) is 6.87. The van der Waals surface area contributed by atoms with Gasteiger partial charge in [0.2, 0.25) is 0 Å². The minimum absolute atomic E-state index is 0.180. The summed E-state index contributed by atoms with van der Waals surface area (Å²) in [6.07, 6.45) is 0.107. The number of H-pyrrole nitrogens is 1. The molecule has 1 unspecified atom stereocenters. The summed E-state index contributed by atoms with van der Waals surface area (Å²) in [6, 6.07) is 0. The van der Waals surface area contributed by atoms with Gasteiger partial charge in [-0.2, -0.15) is 5.10 Å². The highest BCUT2D eigenvalue weighted by atomic mass is 16.3. The van der Waals surface area contributed by atoms with E-state index in [9.17, 15) is 9.90 Å². The van der Waals surface area contributed by atoms with Crippen LogP contribution in [0.5, 0.6) is 0 Å². The second kappa shape index (κ2) is 5.67. The fraction of sp³-hybridized carbons (Fsp3) is 0.636. The molecule has 1 atom stereocenters. The first-order chi connectivity index (χ1) is 7.91. The van der Waals surface area contributed by atoms with Gasteiger partial charge in [0.25, 0.3) is 5.91 Å². The van der Waals surface area contributed by atoms with Gasteiger partial charge in [0, 0.05) is 6.54 Å². The first kappa shape index (κ1) is 13.5. The number of carbonyl (C=O) groups excluding carboxylic acids is 1. The van der Waals surface area contributed by atoms with Crippen molar-refractivity contribution in [3.8, 4) is 0 Å². The molecular formula is C11H20N4O2. The van der Waals surface area contributed by atoms with E-state index >= 15 is 0 Å². The average molecular weight is 240 g/mol. The average Bonchev–Trinajstić information content (AvgIpc) is 2.55. The van der Waals surface area contributed by atoms with E-state index in [1.165, 1.54) is 0 Å². The van der Waals surface area contributed by atoms with Crippen LogP contribution in [0.15, 0.2) is 0 Å². The number of nitrogens with one attached hydrogen (secondary N) is 2. The summed E-state index contributed by atoms with van der Waals surface area (Å²) in [7, 11) is 0. The number of nitrogens with two attached hydrogens (primary N) is 1.